The van der Waals surface area contributed by atoms with Crippen molar-refractivity contribution in [1.82, 2.24) is 4.90 Å². The standard InChI is InChI=1S/C23H25BrF3N3O5S/c1-2-3-11-34-22(31)28-9-10-29-17(14-28)15-30(21-12-16(24)7-8-20(21)29)36(32,33)19-6-4-5-18(13-19)35-23(25,26)27/h4-8,12-13,17H,2-3,9-11,14-15H2,1H3/t17-/m0/s1. The Balaban J connectivity index is 1.65. The van der Waals surface area contributed by atoms with Crippen LogP contribution in [0.2, 0.25) is 0 Å². The monoisotopic (exact) mass is 591 g/mol. The highest BCUT2D eigenvalue weighted by molar-refractivity contribution is 9.10. The van der Waals surface area contributed by atoms with Crippen LogP contribution < -0.4 is 13.9 Å². The molecule has 196 valence electrons. The molecule has 2 aromatic rings. The van der Waals surface area contributed by atoms with Crippen LogP contribution in [0.15, 0.2) is 51.8 Å². The van der Waals surface area contributed by atoms with Gasteiger partial charge in [-0.2, -0.15) is 0 Å². The van der Waals surface area contributed by atoms with Gasteiger partial charge in [-0.1, -0.05) is 35.3 Å². The quantitative estimate of drug-likeness (QED) is 0.441. The van der Waals surface area contributed by atoms with Crippen LogP contribution in [-0.4, -0.2) is 64.6 Å². The topological polar surface area (TPSA) is 79.4 Å². The maximum atomic E-state index is 13.7. The number of halogens is 4. The zero-order valence-corrected chi connectivity index (χ0v) is 21.8. The number of nitrogens with zero attached hydrogens (tertiary/aromatic N) is 3. The lowest BCUT2D eigenvalue weighted by Crippen LogP contribution is -2.61. The van der Waals surface area contributed by atoms with Crippen LogP contribution in [-0.2, 0) is 14.8 Å². The zero-order chi connectivity index (χ0) is 26.1. The third-order valence-electron chi connectivity index (χ3n) is 5.98. The molecule has 0 aliphatic carbocycles. The fraction of sp³-hybridized carbons (Fsp3) is 0.435. The van der Waals surface area contributed by atoms with E-state index in [2.05, 4.69) is 20.7 Å². The van der Waals surface area contributed by atoms with Crippen molar-refractivity contribution < 1.29 is 35.9 Å². The molecule has 1 fully saturated rings. The van der Waals surface area contributed by atoms with Gasteiger partial charge in [0.25, 0.3) is 10.0 Å². The minimum absolute atomic E-state index is 0.00508. The van der Waals surface area contributed by atoms with Crippen LogP contribution in [0, 0.1) is 0 Å². The third kappa shape index (κ3) is 5.66. The molecule has 8 nitrogen and oxygen atoms in total. The fourth-order valence-electron chi connectivity index (χ4n) is 4.31. The molecule has 2 aliphatic heterocycles. The van der Waals surface area contributed by atoms with Gasteiger partial charge in [0.1, 0.15) is 5.75 Å². The maximum Gasteiger partial charge on any atom is 0.573 e. The molecule has 2 aliphatic rings. The molecular weight excluding hydrogens is 567 g/mol. The highest BCUT2D eigenvalue weighted by Crippen LogP contribution is 2.41. The summed E-state index contributed by atoms with van der Waals surface area (Å²) in [6.45, 7) is 3.43. The molecule has 13 heteroatoms. The highest BCUT2D eigenvalue weighted by atomic mass is 79.9. The van der Waals surface area contributed by atoms with Gasteiger partial charge in [-0.15, -0.1) is 13.2 Å². The number of unbranched alkanes of at least 4 members (excludes halogenated alkanes) is 1. The van der Waals surface area contributed by atoms with Crippen molar-refractivity contribution >= 4 is 43.4 Å². The molecule has 2 heterocycles. The first-order chi connectivity index (χ1) is 17.0. The van der Waals surface area contributed by atoms with Crippen LogP contribution in [0.4, 0.5) is 29.3 Å². The molecule has 0 aromatic heterocycles. The second kappa shape index (κ2) is 10.4. The van der Waals surface area contributed by atoms with E-state index < -0.39 is 28.2 Å². The lowest BCUT2D eigenvalue weighted by molar-refractivity contribution is -0.274. The summed E-state index contributed by atoms with van der Waals surface area (Å²) in [6, 6.07) is 9.16. The molecule has 0 saturated carbocycles. The van der Waals surface area contributed by atoms with Crippen LogP contribution in [0.1, 0.15) is 19.8 Å². The van der Waals surface area contributed by atoms with Gasteiger partial charge < -0.3 is 19.3 Å². The van der Waals surface area contributed by atoms with Crippen molar-refractivity contribution in [1.29, 1.82) is 0 Å². The Morgan fingerprint density at radius 3 is 2.61 bits per heavy atom. The largest absolute Gasteiger partial charge is 0.573 e. The van der Waals surface area contributed by atoms with Gasteiger partial charge in [-0.3, -0.25) is 4.31 Å². The van der Waals surface area contributed by atoms with Gasteiger partial charge in [-0.25, -0.2) is 13.2 Å². The number of fused-ring (bicyclic) bond motifs is 3. The molecule has 36 heavy (non-hydrogen) atoms. The summed E-state index contributed by atoms with van der Waals surface area (Å²) >= 11 is 3.38. The molecule has 2 aromatic carbocycles. The van der Waals surface area contributed by atoms with Crippen molar-refractivity contribution in [2.45, 2.75) is 37.1 Å². The number of amides is 1. The Morgan fingerprint density at radius 1 is 1.11 bits per heavy atom. The van der Waals surface area contributed by atoms with E-state index in [0.29, 0.717) is 35.5 Å². The highest BCUT2D eigenvalue weighted by Gasteiger charge is 2.41. The van der Waals surface area contributed by atoms with Crippen molar-refractivity contribution in [3.63, 3.8) is 0 Å². The van der Waals surface area contributed by atoms with Crippen molar-refractivity contribution in [2.24, 2.45) is 0 Å². The Kier molecular flexibility index (Phi) is 7.60. The number of benzene rings is 2. The van der Waals surface area contributed by atoms with E-state index in [1.807, 2.05) is 11.8 Å². The number of hydrogen-bond acceptors (Lipinski definition) is 6. The molecular formula is C23H25BrF3N3O5S. The predicted molar refractivity (Wildman–Crippen MR) is 131 cm³/mol. The van der Waals surface area contributed by atoms with Crippen LogP contribution in [0.5, 0.6) is 5.75 Å². The summed E-state index contributed by atoms with van der Waals surface area (Å²) in [4.78, 5) is 15.8. The number of carbonyl (C=O) groups excluding carboxylic acids is 1. The third-order valence-corrected chi connectivity index (χ3v) is 8.25. The van der Waals surface area contributed by atoms with Crippen LogP contribution in [0.25, 0.3) is 0 Å². The SMILES string of the molecule is CCCCOC(=O)N1CCN2c3ccc(Br)cc3N(S(=O)(=O)c3cccc(OC(F)(F)F)c3)C[C@@H]2C1. The van der Waals surface area contributed by atoms with E-state index in [9.17, 15) is 26.4 Å². The number of hydrogen-bond donors (Lipinski definition) is 0. The zero-order valence-electron chi connectivity index (χ0n) is 19.4. The minimum atomic E-state index is -4.96. The number of carbonyl (C=O) groups is 1. The molecule has 0 spiro atoms. The molecule has 0 bridgehead atoms. The van der Waals surface area contributed by atoms with E-state index in [-0.39, 0.29) is 24.0 Å². The van der Waals surface area contributed by atoms with Crippen LogP contribution in [0.3, 0.4) is 0 Å². The summed E-state index contributed by atoms with van der Waals surface area (Å²) in [5, 5.41) is 0. The van der Waals surface area contributed by atoms with E-state index in [0.717, 1.165) is 25.0 Å². The average Bonchev–Trinajstić information content (AvgIpc) is 2.82. The Hall–Kier alpha value is -2.67. The summed E-state index contributed by atoms with van der Waals surface area (Å²) in [5.41, 5.74) is 1.04. The van der Waals surface area contributed by atoms with Crippen molar-refractivity contribution in [2.75, 3.05) is 42.0 Å². The molecule has 0 N–H and O–H groups in total. The lowest BCUT2D eigenvalue weighted by Gasteiger charge is -2.48. The van der Waals surface area contributed by atoms with Gasteiger partial charge in [0, 0.05) is 30.2 Å². The Bertz CT molecular complexity index is 1230. The van der Waals surface area contributed by atoms with Gasteiger partial charge in [0.05, 0.1) is 35.5 Å². The predicted octanol–water partition coefficient (Wildman–Crippen LogP) is 4.98. The summed E-state index contributed by atoms with van der Waals surface area (Å²) in [5.74, 6) is -0.629. The average molecular weight is 592 g/mol. The number of piperazine rings is 1. The van der Waals surface area contributed by atoms with Gasteiger partial charge in [0.15, 0.2) is 0 Å². The van der Waals surface area contributed by atoms with E-state index in [1.54, 1.807) is 23.1 Å². The van der Waals surface area contributed by atoms with Gasteiger partial charge in [-0.05, 0) is 36.8 Å². The number of rotatable bonds is 6. The number of ether oxygens (including phenoxy) is 2. The normalized spacial score (nSPS) is 17.9. The first-order valence-electron chi connectivity index (χ1n) is 11.4. The molecule has 0 unspecified atom stereocenters. The number of anilines is 2. The summed E-state index contributed by atoms with van der Waals surface area (Å²) in [7, 11) is -4.27. The smallest absolute Gasteiger partial charge is 0.449 e. The molecule has 0 radical (unpaired) electrons. The second-order valence-corrected chi connectivity index (χ2v) is 11.2. The van der Waals surface area contributed by atoms with Gasteiger partial charge in [0.2, 0.25) is 0 Å². The van der Waals surface area contributed by atoms with E-state index in [4.69, 9.17) is 4.74 Å². The van der Waals surface area contributed by atoms with Crippen LogP contribution >= 0.6 is 15.9 Å². The first-order valence-corrected chi connectivity index (χ1v) is 13.6. The molecule has 4 rings (SSSR count). The summed E-state index contributed by atoms with van der Waals surface area (Å²) in [6.07, 6.45) is -3.77. The number of alkyl halides is 3. The van der Waals surface area contributed by atoms with E-state index >= 15 is 0 Å². The maximum absolute atomic E-state index is 13.7. The molecule has 1 amide bonds. The minimum Gasteiger partial charge on any atom is -0.449 e. The Morgan fingerprint density at radius 2 is 1.89 bits per heavy atom. The number of sulfonamides is 1. The Labute approximate surface area is 215 Å². The second-order valence-electron chi connectivity index (χ2n) is 8.45. The van der Waals surface area contributed by atoms with Crippen molar-refractivity contribution in [3.8, 4) is 5.75 Å². The van der Waals surface area contributed by atoms with Gasteiger partial charge >= 0.3 is 12.5 Å². The summed E-state index contributed by atoms with van der Waals surface area (Å²) < 4.78 is 76.6. The lowest BCUT2D eigenvalue weighted by atomic mass is 10.1. The molecule has 1 saturated heterocycles. The fourth-order valence-corrected chi connectivity index (χ4v) is 6.20. The van der Waals surface area contributed by atoms with E-state index in [1.165, 1.54) is 16.4 Å². The van der Waals surface area contributed by atoms with Crippen molar-refractivity contribution in [3.05, 3.63) is 46.9 Å². The first kappa shape index (κ1) is 26.4. The molecule has 1 atom stereocenters.